The van der Waals surface area contributed by atoms with Gasteiger partial charge in [0, 0.05) is 17.5 Å². The van der Waals surface area contributed by atoms with Gasteiger partial charge in [0.25, 0.3) is 0 Å². The zero-order chi connectivity index (χ0) is 14.6. The summed E-state index contributed by atoms with van der Waals surface area (Å²) in [5.41, 5.74) is -0.228. The van der Waals surface area contributed by atoms with Gasteiger partial charge in [0.2, 0.25) is 5.91 Å². The predicted octanol–water partition coefficient (Wildman–Crippen LogP) is 2.69. The number of nitrogens with zero attached hydrogens (tertiary/aromatic N) is 2. The quantitative estimate of drug-likeness (QED) is 0.834. The summed E-state index contributed by atoms with van der Waals surface area (Å²) in [6.07, 6.45) is 0. The lowest BCUT2D eigenvalue weighted by molar-refractivity contribution is -0.120. The van der Waals surface area contributed by atoms with Crippen molar-refractivity contribution >= 4 is 27.7 Å². The lowest BCUT2D eigenvalue weighted by Crippen LogP contribution is -2.43. The molecule has 1 aromatic heterocycles. The third-order valence-electron chi connectivity index (χ3n) is 2.17. The van der Waals surface area contributed by atoms with Gasteiger partial charge in [-0.1, -0.05) is 13.8 Å². The van der Waals surface area contributed by atoms with Gasteiger partial charge in [0.15, 0.2) is 0 Å². The lowest BCUT2D eigenvalue weighted by Gasteiger charge is -2.20. The second-order valence-corrected chi connectivity index (χ2v) is 6.55. The summed E-state index contributed by atoms with van der Waals surface area (Å²) < 4.78 is 0.713. The van der Waals surface area contributed by atoms with Crippen LogP contribution < -0.4 is 10.6 Å². The summed E-state index contributed by atoms with van der Waals surface area (Å²) >= 11 is 3.35. The normalized spacial score (nSPS) is 11.5. The Balaban J connectivity index is 2.65. The van der Waals surface area contributed by atoms with Crippen LogP contribution in [0.5, 0.6) is 0 Å². The van der Waals surface area contributed by atoms with Crippen molar-refractivity contribution in [3.05, 3.63) is 16.5 Å². The van der Waals surface area contributed by atoms with E-state index in [9.17, 15) is 4.79 Å². The Bertz CT molecular complexity index is 454. The Labute approximate surface area is 122 Å². The van der Waals surface area contributed by atoms with Gasteiger partial charge in [-0.15, -0.1) is 0 Å². The van der Waals surface area contributed by atoms with Crippen molar-refractivity contribution in [2.75, 3.05) is 11.9 Å². The van der Waals surface area contributed by atoms with Crippen molar-refractivity contribution < 1.29 is 4.79 Å². The molecule has 0 saturated carbocycles. The average Bonchev–Trinajstić information content (AvgIpc) is 2.23. The van der Waals surface area contributed by atoms with Gasteiger partial charge in [-0.2, -0.15) is 0 Å². The Kier molecular flexibility index (Phi) is 5.29. The van der Waals surface area contributed by atoms with Gasteiger partial charge in [0.05, 0.1) is 6.54 Å². The van der Waals surface area contributed by atoms with E-state index in [1.165, 1.54) is 0 Å². The van der Waals surface area contributed by atoms with Crippen LogP contribution in [0.25, 0.3) is 0 Å². The summed E-state index contributed by atoms with van der Waals surface area (Å²) in [7, 11) is 0. The number of rotatable bonds is 4. The monoisotopic (exact) mass is 328 g/mol. The molecule has 0 unspecified atom stereocenters. The fourth-order valence-electron chi connectivity index (χ4n) is 1.42. The standard InChI is InChI=1S/C13H21BrN4O/c1-8(2)12-16-9(14)6-10(17-12)15-7-11(19)18-13(3,4)5/h6,8H,7H2,1-5H3,(H,18,19)(H,15,16,17). The van der Waals surface area contributed by atoms with Crippen molar-refractivity contribution in [2.24, 2.45) is 0 Å². The van der Waals surface area contributed by atoms with E-state index >= 15 is 0 Å². The molecule has 0 atom stereocenters. The molecule has 0 bridgehead atoms. The highest BCUT2D eigenvalue weighted by Gasteiger charge is 2.14. The molecule has 0 aliphatic rings. The van der Waals surface area contributed by atoms with E-state index in [-0.39, 0.29) is 23.9 Å². The highest BCUT2D eigenvalue weighted by atomic mass is 79.9. The number of carbonyl (C=O) groups excluding carboxylic acids is 1. The van der Waals surface area contributed by atoms with Crippen molar-refractivity contribution in [3.8, 4) is 0 Å². The van der Waals surface area contributed by atoms with Crippen LogP contribution in [-0.4, -0.2) is 28.0 Å². The highest BCUT2D eigenvalue weighted by Crippen LogP contribution is 2.17. The maximum absolute atomic E-state index is 11.7. The van der Waals surface area contributed by atoms with E-state index in [1.54, 1.807) is 6.07 Å². The second-order valence-electron chi connectivity index (χ2n) is 5.74. The number of nitrogens with one attached hydrogen (secondary N) is 2. The van der Waals surface area contributed by atoms with E-state index in [0.717, 1.165) is 5.82 Å². The molecule has 1 heterocycles. The van der Waals surface area contributed by atoms with E-state index < -0.39 is 0 Å². The molecule has 19 heavy (non-hydrogen) atoms. The fourth-order valence-corrected chi connectivity index (χ4v) is 1.82. The van der Waals surface area contributed by atoms with Crippen LogP contribution in [0.4, 0.5) is 5.82 Å². The molecule has 5 nitrogen and oxygen atoms in total. The van der Waals surface area contributed by atoms with Crippen molar-refractivity contribution in [3.63, 3.8) is 0 Å². The number of aromatic nitrogens is 2. The molecule has 1 aromatic rings. The first-order valence-electron chi connectivity index (χ1n) is 6.27. The maximum atomic E-state index is 11.7. The smallest absolute Gasteiger partial charge is 0.239 e. The number of carbonyl (C=O) groups is 1. The summed E-state index contributed by atoms with van der Waals surface area (Å²) in [4.78, 5) is 20.4. The van der Waals surface area contributed by atoms with Crippen molar-refractivity contribution in [1.29, 1.82) is 0 Å². The molecular formula is C13H21BrN4O. The number of halogens is 1. The second kappa shape index (κ2) is 6.32. The molecule has 0 aliphatic heterocycles. The summed E-state index contributed by atoms with van der Waals surface area (Å²) in [6.45, 7) is 10.1. The van der Waals surface area contributed by atoms with Crippen molar-refractivity contribution in [2.45, 2.75) is 46.1 Å². The molecule has 1 rings (SSSR count). The van der Waals surface area contributed by atoms with E-state index in [1.807, 2.05) is 34.6 Å². The molecule has 1 amide bonds. The Morgan fingerprint density at radius 2 is 2.00 bits per heavy atom. The summed E-state index contributed by atoms with van der Waals surface area (Å²) in [5, 5.41) is 5.89. The molecule has 0 fully saturated rings. The Morgan fingerprint density at radius 3 is 2.53 bits per heavy atom. The topological polar surface area (TPSA) is 66.9 Å². The minimum Gasteiger partial charge on any atom is -0.361 e. The minimum atomic E-state index is -0.228. The first-order valence-corrected chi connectivity index (χ1v) is 7.06. The fraction of sp³-hybridized carbons (Fsp3) is 0.615. The average molecular weight is 329 g/mol. The van der Waals surface area contributed by atoms with Crippen molar-refractivity contribution in [1.82, 2.24) is 15.3 Å². The summed E-state index contributed by atoms with van der Waals surface area (Å²) in [6, 6.07) is 1.76. The maximum Gasteiger partial charge on any atom is 0.239 e. The largest absolute Gasteiger partial charge is 0.361 e. The molecular weight excluding hydrogens is 308 g/mol. The molecule has 106 valence electrons. The van der Waals surface area contributed by atoms with Gasteiger partial charge >= 0.3 is 0 Å². The van der Waals surface area contributed by atoms with Crippen LogP contribution in [0.2, 0.25) is 0 Å². The van der Waals surface area contributed by atoms with Gasteiger partial charge in [-0.05, 0) is 36.7 Å². The molecule has 0 saturated heterocycles. The van der Waals surface area contributed by atoms with Gasteiger partial charge in [0.1, 0.15) is 16.2 Å². The summed E-state index contributed by atoms with van der Waals surface area (Å²) in [5.74, 6) is 1.57. The molecule has 0 aliphatic carbocycles. The van der Waals surface area contributed by atoms with E-state index in [0.29, 0.717) is 10.4 Å². The minimum absolute atomic E-state index is 0.0617. The van der Waals surface area contributed by atoms with E-state index in [4.69, 9.17) is 0 Å². The van der Waals surface area contributed by atoms with Crippen LogP contribution in [0.3, 0.4) is 0 Å². The number of hydrogen-bond donors (Lipinski definition) is 2. The number of anilines is 1. The zero-order valence-electron chi connectivity index (χ0n) is 12.0. The third-order valence-corrected chi connectivity index (χ3v) is 2.58. The molecule has 2 N–H and O–H groups in total. The van der Waals surface area contributed by atoms with Crippen LogP contribution >= 0.6 is 15.9 Å². The Morgan fingerprint density at radius 1 is 1.37 bits per heavy atom. The first-order chi connectivity index (χ1) is 8.67. The third kappa shape index (κ3) is 6.00. The predicted molar refractivity (Wildman–Crippen MR) is 80.2 cm³/mol. The van der Waals surface area contributed by atoms with Crippen LogP contribution in [0, 0.1) is 0 Å². The number of amides is 1. The van der Waals surface area contributed by atoms with Gasteiger partial charge < -0.3 is 10.6 Å². The first kappa shape index (κ1) is 15.9. The van der Waals surface area contributed by atoms with Crippen LogP contribution in [-0.2, 0) is 4.79 Å². The zero-order valence-corrected chi connectivity index (χ0v) is 13.6. The number of hydrogen-bond acceptors (Lipinski definition) is 4. The van der Waals surface area contributed by atoms with Gasteiger partial charge in [-0.25, -0.2) is 9.97 Å². The molecule has 0 radical (unpaired) electrons. The van der Waals surface area contributed by atoms with Gasteiger partial charge in [-0.3, -0.25) is 4.79 Å². The van der Waals surface area contributed by atoms with E-state index in [2.05, 4.69) is 36.5 Å². The Hall–Kier alpha value is -1.17. The lowest BCUT2D eigenvalue weighted by atomic mass is 10.1. The van der Waals surface area contributed by atoms with Crippen LogP contribution in [0.1, 0.15) is 46.4 Å². The van der Waals surface area contributed by atoms with Crippen LogP contribution in [0.15, 0.2) is 10.7 Å². The molecule has 6 heteroatoms. The highest BCUT2D eigenvalue weighted by molar-refractivity contribution is 9.10. The molecule has 0 spiro atoms. The molecule has 0 aromatic carbocycles. The SMILES string of the molecule is CC(C)c1nc(Br)cc(NCC(=O)NC(C)(C)C)n1.